The zero-order valence-corrected chi connectivity index (χ0v) is 8.66. The van der Waals surface area contributed by atoms with E-state index in [0.29, 0.717) is 4.75 Å². The van der Waals surface area contributed by atoms with Crippen LogP contribution >= 0.6 is 12.6 Å². The Morgan fingerprint density at radius 3 is 2.56 bits per heavy atom. The second kappa shape index (κ2) is 2.86. The average Bonchev–Trinajstić information content (AvgIpc) is 2.08. The van der Waals surface area contributed by atoms with Gasteiger partial charge in [-0.25, -0.2) is 0 Å². The molecule has 0 amide bonds. The van der Waals surface area contributed by atoms with Crippen molar-refractivity contribution in [3.05, 3.63) is 0 Å². The molecule has 1 fully saturated rings. The van der Waals surface area contributed by atoms with Crippen LogP contribution in [0.3, 0.4) is 0 Å². The molecule has 9 heavy (non-hydrogen) atoms. The van der Waals surface area contributed by atoms with Crippen molar-refractivity contribution < 1.29 is 0 Å². The fourth-order valence-electron chi connectivity index (χ4n) is 1.49. The quantitative estimate of drug-likeness (QED) is 0.497. The van der Waals surface area contributed by atoms with Crippen LogP contribution in [-0.2, 0) is 0 Å². The van der Waals surface area contributed by atoms with Gasteiger partial charge in [-0.15, -0.1) is 0 Å². The van der Waals surface area contributed by atoms with E-state index < -0.39 is 0 Å². The van der Waals surface area contributed by atoms with Crippen molar-refractivity contribution in [3.8, 4) is 0 Å². The van der Waals surface area contributed by atoms with E-state index in [1.807, 2.05) is 0 Å². The van der Waals surface area contributed by atoms with E-state index >= 15 is 0 Å². The maximum absolute atomic E-state index is 4.64. The van der Waals surface area contributed by atoms with E-state index in [-0.39, 0.29) is 0 Å². The molecule has 0 aromatic carbocycles. The van der Waals surface area contributed by atoms with Gasteiger partial charge in [0.25, 0.3) is 0 Å². The Bertz CT molecular complexity index is 101. The van der Waals surface area contributed by atoms with Crippen molar-refractivity contribution in [1.82, 2.24) is 0 Å². The summed E-state index contributed by atoms with van der Waals surface area (Å²) in [7, 11) is 0. The molecule has 1 aliphatic carbocycles. The van der Waals surface area contributed by atoms with Gasteiger partial charge in [0, 0.05) is 0 Å². The Balaban J connectivity index is 2.52. The van der Waals surface area contributed by atoms with Crippen LogP contribution in [0.4, 0.5) is 0 Å². The second-order valence-corrected chi connectivity index (χ2v) is 6.18. The zero-order chi connectivity index (χ0) is 6.91. The Hall–Kier alpha value is 0.869. The van der Waals surface area contributed by atoms with Gasteiger partial charge >= 0.3 is 69.2 Å². The summed E-state index contributed by atoms with van der Waals surface area (Å²) in [5, 5.41) is 0. The first-order valence-corrected chi connectivity index (χ1v) is 6.57. The second-order valence-electron chi connectivity index (χ2n) is 2.97. The summed E-state index contributed by atoms with van der Waals surface area (Å²) in [5.41, 5.74) is 0. The topological polar surface area (TPSA) is 0 Å². The Morgan fingerprint density at radius 2 is 2.33 bits per heavy atom. The summed E-state index contributed by atoms with van der Waals surface area (Å²) in [6, 6.07) is 0. The van der Waals surface area contributed by atoms with Crippen LogP contribution < -0.4 is 0 Å². The minimum absolute atomic E-state index is 0.384. The Kier molecular flexibility index (Phi) is 2.53. The van der Waals surface area contributed by atoms with Crippen molar-refractivity contribution in [1.29, 1.82) is 0 Å². The molecule has 0 heterocycles. The molecule has 0 nitrogen and oxygen atoms in total. The van der Waals surface area contributed by atoms with Crippen LogP contribution in [0.5, 0.6) is 0 Å². The molecule has 0 N–H and O–H groups in total. The van der Waals surface area contributed by atoms with Crippen LogP contribution in [0, 0.1) is 0 Å². The van der Waals surface area contributed by atoms with Crippen molar-refractivity contribution in [3.63, 3.8) is 0 Å². The monoisotopic (exact) mass is 210 g/mol. The SMILES string of the molecule is C[Se]C1CCCC1(C)S. The molecule has 1 saturated carbocycles. The molecular weight excluding hydrogens is 195 g/mol. The molecule has 2 heteroatoms. The molecule has 0 saturated heterocycles. The van der Waals surface area contributed by atoms with E-state index in [9.17, 15) is 0 Å². The van der Waals surface area contributed by atoms with E-state index in [1.165, 1.54) is 19.3 Å². The van der Waals surface area contributed by atoms with Crippen molar-refractivity contribution in [2.75, 3.05) is 0 Å². The summed E-state index contributed by atoms with van der Waals surface area (Å²) in [4.78, 5) is 0.938. The minimum atomic E-state index is 0.384. The number of thiol groups is 1. The third kappa shape index (κ3) is 1.66. The normalized spacial score (nSPS) is 43.7. The molecule has 2 atom stereocenters. The molecule has 0 spiro atoms. The van der Waals surface area contributed by atoms with Gasteiger partial charge in [0.1, 0.15) is 0 Å². The average molecular weight is 209 g/mol. The fourth-order valence-corrected chi connectivity index (χ4v) is 4.48. The Morgan fingerprint density at radius 1 is 1.67 bits per heavy atom. The van der Waals surface area contributed by atoms with Crippen LogP contribution in [0.2, 0.25) is 10.6 Å². The van der Waals surface area contributed by atoms with Crippen LogP contribution in [0.15, 0.2) is 0 Å². The Labute approximate surface area is 69.4 Å². The number of hydrogen-bond donors (Lipinski definition) is 1. The van der Waals surface area contributed by atoms with Gasteiger partial charge in [-0.3, -0.25) is 0 Å². The van der Waals surface area contributed by atoms with Gasteiger partial charge in [-0.2, -0.15) is 0 Å². The standard InChI is InChI=1S/C7H14SSe/c1-7(8)5-3-4-6(7)9-2/h6,8H,3-5H2,1-2H3. The summed E-state index contributed by atoms with van der Waals surface area (Å²) in [5.74, 6) is 2.33. The van der Waals surface area contributed by atoms with Crippen LogP contribution in [0.1, 0.15) is 26.2 Å². The summed E-state index contributed by atoms with van der Waals surface area (Å²) >= 11 is 5.45. The predicted molar refractivity (Wildman–Crippen MR) is 46.6 cm³/mol. The predicted octanol–water partition coefficient (Wildman–Crippen LogP) is 2.40. The summed E-state index contributed by atoms with van der Waals surface area (Å²) < 4.78 is 0.384. The molecule has 1 aliphatic rings. The molecular formula is C7H14SSe. The first-order valence-electron chi connectivity index (χ1n) is 3.42. The summed E-state index contributed by atoms with van der Waals surface area (Å²) in [6.07, 6.45) is 4.16. The molecule has 54 valence electrons. The molecule has 2 unspecified atom stereocenters. The number of rotatable bonds is 1. The van der Waals surface area contributed by atoms with E-state index in [1.54, 1.807) is 0 Å². The third-order valence-electron chi connectivity index (χ3n) is 2.13. The van der Waals surface area contributed by atoms with Gasteiger partial charge < -0.3 is 0 Å². The van der Waals surface area contributed by atoms with E-state index in [2.05, 4.69) is 25.4 Å². The molecule has 0 aromatic heterocycles. The van der Waals surface area contributed by atoms with Gasteiger partial charge in [0.2, 0.25) is 0 Å². The van der Waals surface area contributed by atoms with E-state index in [0.717, 1.165) is 19.8 Å². The molecule has 0 radical (unpaired) electrons. The van der Waals surface area contributed by atoms with E-state index in [4.69, 9.17) is 0 Å². The molecule has 0 aromatic rings. The third-order valence-corrected chi connectivity index (χ3v) is 5.84. The van der Waals surface area contributed by atoms with Crippen molar-refractivity contribution in [2.45, 2.75) is 41.6 Å². The number of hydrogen-bond acceptors (Lipinski definition) is 1. The first kappa shape index (κ1) is 7.97. The van der Waals surface area contributed by atoms with Crippen molar-refractivity contribution in [2.24, 2.45) is 0 Å². The van der Waals surface area contributed by atoms with Crippen LogP contribution in [-0.4, -0.2) is 19.7 Å². The van der Waals surface area contributed by atoms with Gasteiger partial charge in [0.05, 0.1) is 0 Å². The van der Waals surface area contributed by atoms with Gasteiger partial charge in [-0.05, 0) is 0 Å². The van der Waals surface area contributed by atoms with Crippen molar-refractivity contribution >= 4 is 27.6 Å². The summed E-state index contributed by atoms with van der Waals surface area (Å²) in [6.45, 7) is 2.29. The molecule has 0 aliphatic heterocycles. The van der Waals surface area contributed by atoms with Crippen LogP contribution in [0.25, 0.3) is 0 Å². The van der Waals surface area contributed by atoms with Gasteiger partial charge in [0.15, 0.2) is 0 Å². The zero-order valence-electron chi connectivity index (χ0n) is 6.05. The fraction of sp³-hybridized carbons (Fsp3) is 1.00. The molecule has 0 bridgehead atoms. The van der Waals surface area contributed by atoms with Gasteiger partial charge in [-0.1, -0.05) is 0 Å². The maximum atomic E-state index is 4.64. The first-order chi connectivity index (χ1) is 4.17. The molecule has 1 rings (SSSR count).